The van der Waals surface area contributed by atoms with Crippen molar-refractivity contribution >= 4 is 12.1 Å². The summed E-state index contributed by atoms with van der Waals surface area (Å²) in [7, 11) is 3.14. The molecule has 0 bridgehead atoms. The van der Waals surface area contributed by atoms with Crippen LogP contribution in [0.3, 0.4) is 0 Å². The van der Waals surface area contributed by atoms with Crippen molar-refractivity contribution in [3.05, 3.63) is 83.9 Å². The summed E-state index contributed by atoms with van der Waals surface area (Å²) in [5, 5.41) is 4.08. The Bertz CT molecular complexity index is 1080. The lowest BCUT2D eigenvalue weighted by molar-refractivity contribution is -0.134. The SMILES string of the molecule is COc1ccc(/C=N\NC(=O)[C@H]2Oc3ccccc3O[C@@H]2c2ccccc2)c(OC)c1. The second kappa shape index (κ2) is 9.21. The van der Waals surface area contributed by atoms with Crippen LogP contribution in [0.1, 0.15) is 17.2 Å². The van der Waals surface area contributed by atoms with Crippen molar-refractivity contribution in [1.29, 1.82) is 0 Å². The van der Waals surface area contributed by atoms with E-state index in [-0.39, 0.29) is 0 Å². The van der Waals surface area contributed by atoms with Gasteiger partial charge in [-0.2, -0.15) is 5.10 Å². The van der Waals surface area contributed by atoms with Gasteiger partial charge in [-0.25, -0.2) is 5.43 Å². The van der Waals surface area contributed by atoms with Crippen LogP contribution >= 0.6 is 0 Å². The van der Waals surface area contributed by atoms with E-state index in [0.717, 1.165) is 5.56 Å². The van der Waals surface area contributed by atoms with Crippen LogP contribution in [0, 0.1) is 0 Å². The van der Waals surface area contributed by atoms with Gasteiger partial charge in [-0.05, 0) is 29.8 Å². The van der Waals surface area contributed by atoms with E-state index >= 15 is 0 Å². The van der Waals surface area contributed by atoms with Crippen LogP contribution < -0.4 is 24.4 Å². The molecule has 31 heavy (non-hydrogen) atoms. The standard InChI is InChI=1S/C24H22N2O5/c1-28-18-13-12-17(21(14-18)29-2)15-25-26-24(27)23-22(16-8-4-3-5-9-16)30-19-10-6-7-11-20(19)31-23/h3-15,22-23H,1-2H3,(H,26,27)/b25-15-/t22-,23+/m1/s1. The van der Waals surface area contributed by atoms with Crippen molar-refractivity contribution in [2.24, 2.45) is 5.10 Å². The fourth-order valence-corrected chi connectivity index (χ4v) is 3.27. The molecule has 0 aromatic heterocycles. The Morgan fingerprint density at radius 1 is 0.935 bits per heavy atom. The Labute approximate surface area is 180 Å². The summed E-state index contributed by atoms with van der Waals surface area (Å²) in [4.78, 5) is 13.0. The number of hydrogen-bond acceptors (Lipinski definition) is 6. The highest BCUT2D eigenvalue weighted by Crippen LogP contribution is 2.39. The van der Waals surface area contributed by atoms with Crippen LogP contribution in [0.4, 0.5) is 0 Å². The Kier molecular flexibility index (Phi) is 6.03. The zero-order valence-electron chi connectivity index (χ0n) is 17.1. The van der Waals surface area contributed by atoms with Gasteiger partial charge in [-0.1, -0.05) is 42.5 Å². The zero-order chi connectivity index (χ0) is 21.6. The van der Waals surface area contributed by atoms with Crippen molar-refractivity contribution in [1.82, 2.24) is 5.43 Å². The van der Waals surface area contributed by atoms with Crippen molar-refractivity contribution in [3.8, 4) is 23.0 Å². The Hall–Kier alpha value is -4.00. The van der Waals surface area contributed by atoms with Crippen molar-refractivity contribution in [2.75, 3.05) is 14.2 Å². The van der Waals surface area contributed by atoms with E-state index in [1.807, 2.05) is 48.5 Å². The minimum absolute atomic E-state index is 0.424. The number of nitrogens with one attached hydrogen (secondary N) is 1. The quantitative estimate of drug-likeness (QED) is 0.487. The van der Waals surface area contributed by atoms with Gasteiger partial charge in [0.1, 0.15) is 11.5 Å². The fourth-order valence-electron chi connectivity index (χ4n) is 3.27. The van der Waals surface area contributed by atoms with Crippen LogP contribution in [0.2, 0.25) is 0 Å². The first-order valence-corrected chi connectivity index (χ1v) is 9.72. The van der Waals surface area contributed by atoms with Gasteiger partial charge in [-0.3, -0.25) is 4.79 Å². The predicted octanol–water partition coefficient (Wildman–Crippen LogP) is 3.74. The molecule has 1 aliphatic heterocycles. The molecule has 1 aliphatic rings. The summed E-state index contributed by atoms with van der Waals surface area (Å²) >= 11 is 0. The van der Waals surface area contributed by atoms with Crippen LogP contribution in [-0.4, -0.2) is 32.4 Å². The third-order valence-corrected chi connectivity index (χ3v) is 4.84. The molecule has 0 saturated carbocycles. The number of para-hydroxylation sites is 2. The van der Waals surface area contributed by atoms with Crippen LogP contribution in [0.25, 0.3) is 0 Å². The van der Waals surface area contributed by atoms with Gasteiger partial charge in [0.2, 0.25) is 6.10 Å². The van der Waals surface area contributed by atoms with Gasteiger partial charge in [0, 0.05) is 11.6 Å². The number of fused-ring (bicyclic) bond motifs is 1. The first-order valence-electron chi connectivity index (χ1n) is 9.72. The smallest absolute Gasteiger partial charge is 0.285 e. The minimum Gasteiger partial charge on any atom is -0.497 e. The maximum absolute atomic E-state index is 13.0. The molecule has 0 aliphatic carbocycles. The van der Waals surface area contributed by atoms with Gasteiger partial charge in [-0.15, -0.1) is 0 Å². The lowest BCUT2D eigenvalue weighted by Crippen LogP contribution is -2.44. The predicted molar refractivity (Wildman–Crippen MR) is 116 cm³/mol. The van der Waals surface area contributed by atoms with E-state index < -0.39 is 18.1 Å². The van der Waals surface area contributed by atoms with Gasteiger partial charge in [0.05, 0.1) is 20.4 Å². The normalized spacial score (nSPS) is 17.2. The highest BCUT2D eigenvalue weighted by atomic mass is 16.6. The third-order valence-electron chi connectivity index (χ3n) is 4.84. The third kappa shape index (κ3) is 4.45. The lowest BCUT2D eigenvalue weighted by atomic mass is 10.0. The number of carbonyl (C=O) groups is 1. The number of hydrogen-bond donors (Lipinski definition) is 1. The lowest BCUT2D eigenvalue weighted by Gasteiger charge is -2.32. The summed E-state index contributed by atoms with van der Waals surface area (Å²) in [6.07, 6.45) is -0.0141. The molecule has 1 amide bonds. The Morgan fingerprint density at radius 3 is 2.35 bits per heavy atom. The summed E-state index contributed by atoms with van der Waals surface area (Å²) in [6, 6.07) is 22.1. The zero-order valence-corrected chi connectivity index (χ0v) is 17.1. The largest absolute Gasteiger partial charge is 0.497 e. The molecule has 158 valence electrons. The molecular weight excluding hydrogens is 396 g/mol. The molecule has 0 unspecified atom stereocenters. The molecule has 0 fully saturated rings. The minimum atomic E-state index is -0.910. The van der Waals surface area contributed by atoms with E-state index in [0.29, 0.717) is 28.6 Å². The second-order valence-electron chi connectivity index (χ2n) is 6.78. The average molecular weight is 418 g/mol. The fraction of sp³-hybridized carbons (Fsp3) is 0.167. The summed E-state index contributed by atoms with van der Waals surface area (Å²) in [5.41, 5.74) is 4.07. The Morgan fingerprint density at radius 2 is 1.65 bits per heavy atom. The number of hydrazone groups is 1. The molecule has 1 heterocycles. The van der Waals surface area contributed by atoms with Gasteiger partial charge >= 0.3 is 0 Å². The van der Waals surface area contributed by atoms with E-state index in [1.165, 1.54) is 6.21 Å². The molecule has 0 spiro atoms. The molecular formula is C24H22N2O5. The molecule has 0 saturated heterocycles. The van der Waals surface area contributed by atoms with Crippen molar-refractivity contribution in [2.45, 2.75) is 12.2 Å². The highest BCUT2D eigenvalue weighted by Gasteiger charge is 2.38. The van der Waals surface area contributed by atoms with Gasteiger partial charge in [0.25, 0.3) is 5.91 Å². The van der Waals surface area contributed by atoms with E-state index in [2.05, 4.69) is 10.5 Å². The number of ether oxygens (including phenoxy) is 4. The summed E-state index contributed by atoms with van der Waals surface area (Å²) in [5.74, 6) is 1.91. The number of amides is 1. The maximum Gasteiger partial charge on any atom is 0.285 e. The van der Waals surface area contributed by atoms with Crippen molar-refractivity contribution < 1.29 is 23.7 Å². The number of nitrogens with zero attached hydrogens (tertiary/aromatic N) is 1. The van der Waals surface area contributed by atoms with E-state index in [4.69, 9.17) is 18.9 Å². The molecule has 4 rings (SSSR count). The molecule has 7 heteroatoms. The van der Waals surface area contributed by atoms with Crippen LogP contribution in [-0.2, 0) is 4.79 Å². The van der Waals surface area contributed by atoms with E-state index in [9.17, 15) is 4.79 Å². The van der Waals surface area contributed by atoms with Crippen LogP contribution in [0.15, 0.2) is 77.9 Å². The number of rotatable bonds is 6. The first kappa shape index (κ1) is 20.3. The molecule has 0 radical (unpaired) electrons. The second-order valence-corrected chi connectivity index (χ2v) is 6.78. The van der Waals surface area contributed by atoms with Crippen LogP contribution in [0.5, 0.6) is 23.0 Å². The monoisotopic (exact) mass is 418 g/mol. The van der Waals surface area contributed by atoms with Crippen molar-refractivity contribution in [3.63, 3.8) is 0 Å². The summed E-state index contributed by atoms with van der Waals surface area (Å²) < 4.78 is 22.6. The summed E-state index contributed by atoms with van der Waals surface area (Å²) in [6.45, 7) is 0. The molecule has 2 atom stereocenters. The Balaban J connectivity index is 1.54. The number of methoxy groups -OCH3 is 2. The average Bonchev–Trinajstić information content (AvgIpc) is 2.83. The molecule has 1 N–H and O–H groups in total. The van der Waals surface area contributed by atoms with E-state index in [1.54, 1.807) is 38.5 Å². The molecule has 3 aromatic rings. The molecule has 3 aromatic carbocycles. The molecule has 7 nitrogen and oxygen atoms in total. The number of benzene rings is 3. The number of carbonyl (C=O) groups excluding carboxylic acids is 1. The van der Waals surface area contributed by atoms with Gasteiger partial charge < -0.3 is 18.9 Å². The van der Waals surface area contributed by atoms with Gasteiger partial charge in [0.15, 0.2) is 17.6 Å². The maximum atomic E-state index is 13.0. The first-order chi connectivity index (χ1) is 15.2. The highest BCUT2D eigenvalue weighted by molar-refractivity contribution is 5.87. The topological polar surface area (TPSA) is 78.4 Å².